The lowest BCUT2D eigenvalue weighted by Gasteiger charge is -2.15. The van der Waals surface area contributed by atoms with Crippen LogP contribution in [0.1, 0.15) is 44.4 Å². The molecule has 0 spiro atoms. The maximum atomic E-state index is 4.74. The van der Waals surface area contributed by atoms with E-state index in [9.17, 15) is 0 Å². The molecular formula is C20H21NSi. The Hall–Kier alpha value is -1.93. The molecule has 0 bridgehead atoms. The summed E-state index contributed by atoms with van der Waals surface area (Å²) in [4.78, 5) is 4.74. The van der Waals surface area contributed by atoms with Crippen LogP contribution in [0.4, 0.5) is 0 Å². The number of nitrogens with zero attached hydrogens (tertiary/aromatic N) is 1. The van der Waals surface area contributed by atoms with Crippen molar-refractivity contribution in [3.8, 4) is 0 Å². The van der Waals surface area contributed by atoms with Crippen LogP contribution in [0.25, 0.3) is 6.08 Å². The van der Waals surface area contributed by atoms with E-state index in [4.69, 9.17) is 4.99 Å². The van der Waals surface area contributed by atoms with E-state index in [0.29, 0.717) is 5.54 Å². The van der Waals surface area contributed by atoms with Crippen molar-refractivity contribution in [1.29, 1.82) is 0 Å². The van der Waals surface area contributed by atoms with Gasteiger partial charge in [0.15, 0.2) is 0 Å². The first-order valence-corrected chi connectivity index (χ1v) is 9.54. The molecule has 0 saturated heterocycles. The minimum absolute atomic E-state index is 0.386. The van der Waals surface area contributed by atoms with E-state index < -0.39 is 0 Å². The lowest BCUT2D eigenvalue weighted by molar-refractivity contribution is 1.12. The Morgan fingerprint density at radius 2 is 1.73 bits per heavy atom. The third-order valence-electron chi connectivity index (χ3n) is 5.36. The predicted molar refractivity (Wildman–Crippen MR) is 98.0 cm³/mol. The van der Waals surface area contributed by atoms with Crippen molar-refractivity contribution in [1.82, 2.24) is 0 Å². The van der Waals surface area contributed by atoms with Crippen molar-refractivity contribution < 1.29 is 0 Å². The summed E-state index contributed by atoms with van der Waals surface area (Å²) in [6.07, 6.45) is 4.74. The molecule has 0 saturated carbocycles. The van der Waals surface area contributed by atoms with E-state index in [2.05, 4.69) is 64.1 Å². The van der Waals surface area contributed by atoms with Crippen LogP contribution < -0.4 is 0 Å². The molecule has 1 aromatic carbocycles. The van der Waals surface area contributed by atoms with Gasteiger partial charge in [0.05, 0.1) is 15.2 Å². The number of aliphatic imine (C=N–C) groups is 1. The fourth-order valence-electron chi connectivity index (χ4n) is 3.96. The fraction of sp³-hybridized carbons (Fsp3) is 0.250. The van der Waals surface area contributed by atoms with Crippen molar-refractivity contribution in [3.05, 3.63) is 74.7 Å². The smallest absolute Gasteiger partial charge is 0.0709 e. The third-order valence-corrected chi connectivity index (χ3v) is 8.02. The van der Waals surface area contributed by atoms with Gasteiger partial charge in [0.25, 0.3) is 0 Å². The molecule has 110 valence electrons. The van der Waals surface area contributed by atoms with E-state index in [1.165, 1.54) is 44.8 Å². The summed E-state index contributed by atoms with van der Waals surface area (Å²) in [5, 5.41) is 1.59. The van der Waals surface area contributed by atoms with Crippen LogP contribution in [0.3, 0.4) is 0 Å². The van der Waals surface area contributed by atoms with Crippen LogP contribution in [-0.2, 0) is 0 Å². The van der Waals surface area contributed by atoms with Gasteiger partial charge >= 0.3 is 0 Å². The molecule has 0 N–H and O–H groups in total. The molecule has 0 aromatic heterocycles. The van der Waals surface area contributed by atoms with Gasteiger partial charge < -0.3 is 0 Å². The molecule has 0 fully saturated rings. The summed E-state index contributed by atoms with van der Waals surface area (Å²) >= 11 is 0. The number of fused-ring (bicyclic) bond motifs is 2. The first kappa shape index (κ1) is 13.7. The molecule has 3 aliphatic rings. The molecule has 1 aliphatic heterocycles. The van der Waals surface area contributed by atoms with Gasteiger partial charge in [-0.3, -0.25) is 4.99 Å². The maximum absolute atomic E-state index is 4.74. The summed E-state index contributed by atoms with van der Waals surface area (Å²) in [7, 11) is -0.386. The van der Waals surface area contributed by atoms with Crippen LogP contribution in [0.15, 0.2) is 68.5 Å². The molecule has 2 aliphatic carbocycles. The predicted octanol–water partition coefficient (Wildman–Crippen LogP) is 4.28. The van der Waals surface area contributed by atoms with Crippen molar-refractivity contribution in [2.45, 2.75) is 33.2 Å². The van der Waals surface area contributed by atoms with E-state index in [-0.39, 0.29) is 9.52 Å². The van der Waals surface area contributed by atoms with Gasteiger partial charge in [-0.05, 0) is 61.6 Å². The van der Waals surface area contributed by atoms with E-state index in [0.717, 1.165) is 0 Å². The third kappa shape index (κ3) is 1.87. The Balaban J connectivity index is 1.70. The Bertz CT molecular complexity index is 846. The van der Waals surface area contributed by atoms with Gasteiger partial charge in [-0.2, -0.15) is 0 Å². The largest absolute Gasteiger partial charge is 0.253 e. The van der Waals surface area contributed by atoms with Crippen LogP contribution >= 0.6 is 0 Å². The average molecular weight is 303 g/mol. The number of allylic oxidation sites excluding steroid dienone is 5. The molecular weight excluding hydrogens is 282 g/mol. The molecule has 2 heteroatoms. The molecule has 1 nitrogen and oxygen atoms in total. The second-order valence-electron chi connectivity index (χ2n) is 6.65. The zero-order valence-corrected chi connectivity index (χ0v) is 15.1. The van der Waals surface area contributed by atoms with Crippen LogP contribution in [0.2, 0.25) is 0 Å². The van der Waals surface area contributed by atoms with E-state index in [1.54, 1.807) is 5.20 Å². The average Bonchev–Trinajstić information content (AvgIpc) is 3.07. The minimum Gasteiger partial charge on any atom is -0.253 e. The fourth-order valence-corrected chi connectivity index (χ4v) is 6.22. The van der Waals surface area contributed by atoms with Crippen molar-refractivity contribution >= 4 is 21.3 Å². The minimum atomic E-state index is -0.386. The quantitative estimate of drug-likeness (QED) is 0.723. The molecule has 4 rings (SSSR count). The summed E-state index contributed by atoms with van der Waals surface area (Å²) in [5.41, 5.74) is 11.8. The molecule has 0 amide bonds. The van der Waals surface area contributed by atoms with E-state index >= 15 is 0 Å². The summed E-state index contributed by atoms with van der Waals surface area (Å²) < 4.78 is 0. The highest BCUT2D eigenvalue weighted by Gasteiger charge is 2.29. The SMILES string of the molecule is CC1=Cc2ccccc2C1[SiH2]C1=C(C)C2=C(C)C(C)=NC2=C1. The normalized spacial score (nSPS) is 23.3. The summed E-state index contributed by atoms with van der Waals surface area (Å²) in [6.45, 7) is 8.91. The van der Waals surface area contributed by atoms with Crippen LogP contribution in [0, 0.1) is 0 Å². The Morgan fingerprint density at radius 3 is 2.50 bits per heavy atom. The van der Waals surface area contributed by atoms with Gasteiger partial charge in [0.1, 0.15) is 0 Å². The number of benzene rings is 1. The highest BCUT2D eigenvalue weighted by molar-refractivity contribution is 6.50. The maximum Gasteiger partial charge on any atom is 0.0709 e. The second kappa shape index (κ2) is 4.78. The lowest BCUT2D eigenvalue weighted by atomic mass is 10.0. The number of rotatable bonds is 2. The highest BCUT2D eigenvalue weighted by Crippen LogP contribution is 2.42. The van der Waals surface area contributed by atoms with Crippen molar-refractivity contribution in [2.24, 2.45) is 4.99 Å². The molecule has 1 atom stereocenters. The van der Waals surface area contributed by atoms with Gasteiger partial charge in [-0.15, -0.1) is 0 Å². The first-order chi connectivity index (χ1) is 10.6. The Labute approximate surface area is 134 Å². The number of hydrogen-bond acceptors (Lipinski definition) is 1. The molecule has 0 radical (unpaired) electrons. The van der Waals surface area contributed by atoms with Gasteiger partial charge in [-0.1, -0.05) is 41.1 Å². The zero-order valence-electron chi connectivity index (χ0n) is 13.7. The zero-order chi connectivity index (χ0) is 15.4. The van der Waals surface area contributed by atoms with Crippen molar-refractivity contribution in [3.63, 3.8) is 0 Å². The standard InChI is InChI=1S/C20H21NSi/c1-11-9-15-7-5-6-8-16(15)20(11)22-18-10-17-19(13(18)3)12(2)14(4)21-17/h5-10,20H,22H2,1-4H3. The second-order valence-corrected chi connectivity index (χ2v) is 8.64. The monoisotopic (exact) mass is 303 g/mol. The topological polar surface area (TPSA) is 12.4 Å². The first-order valence-electron chi connectivity index (χ1n) is 8.02. The Kier molecular flexibility index (Phi) is 2.98. The number of hydrogen-bond donors (Lipinski definition) is 0. The summed E-state index contributed by atoms with van der Waals surface area (Å²) in [6, 6.07) is 8.88. The molecule has 1 aromatic rings. The van der Waals surface area contributed by atoms with Gasteiger partial charge in [-0.25, -0.2) is 0 Å². The van der Waals surface area contributed by atoms with Crippen molar-refractivity contribution in [2.75, 3.05) is 0 Å². The highest BCUT2D eigenvalue weighted by atomic mass is 28.2. The van der Waals surface area contributed by atoms with Crippen LogP contribution in [0.5, 0.6) is 0 Å². The van der Waals surface area contributed by atoms with Gasteiger partial charge in [0.2, 0.25) is 0 Å². The summed E-state index contributed by atoms with van der Waals surface area (Å²) in [5.74, 6) is 0. The lowest BCUT2D eigenvalue weighted by Crippen LogP contribution is -2.10. The molecule has 1 heterocycles. The van der Waals surface area contributed by atoms with Gasteiger partial charge in [0, 0.05) is 11.3 Å². The van der Waals surface area contributed by atoms with Crippen LogP contribution in [-0.4, -0.2) is 15.2 Å². The molecule has 22 heavy (non-hydrogen) atoms. The van der Waals surface area contributed by atoms with E-state index in [1.807, 2.05) is 0 Å². The molecule has 1 unspecified atom stereocenters. The Morgan fingerprint density at radius 1 is 0.955 bits per heavy atom.